The molecule has 84 valence electrons. The van der Waals surface area contributed by atoms with Crippen LogP contribution in [0.4, 0.5) is 5.82 Å². The largest absolute Gasteiger partial charge is 0.357 e. The number of nitrogens with two attached hydrogens (primary N) is 1. The van der Waals surface area contributed by atoms with E-state index in [1.807, 2.05) is 12.3 Å². The van der Waals surface area contributed by atoms with Crippen LogP contribution in [0.15, 0.2) is 18.3 Å². The highest BCUT2D eigenvalue weighted by atomic mass is 15.2. The zero-order valence-corrected chi connectivity index (χ0v) is 9.74. The van der Waals surface area contributed by atoms with Gasteiger partial charge in [-0.15, -0.1) is 0 Å². The second-order valence-electron chi connectivity index (χ2n) is 3.62. The van der Waals surface area contributed by atoms with Gasteiger partial charge in [-0.05, 0) is 19.4 Å². The molecule has 0 aliphatic carbocycles. The Morgan fingerprint density at radius 1 is 1.40 bits per heavy atom. The van der Waals surface area contributed by atoms with E-state index in [1.165, 1.54) is 12.8 Å². The van der Waals surface area contributed by atoms with Gasteiger partial charge in [0, 0.05) is 31.4 Å². The molecule has 2 N–H and O–H groups in total. The first-order valence-corrected chi connectivity index (χ1v) is 5.72. The molecule has 0 spiro atoms. The minimum absolute atomic E-state index is 0.561. The summed E-state index contributed by atoms with van der Waals surface area (Å²) in [6.45, 7) is 6.98. The predicted molar refractivity (Wildman–Crippen MR) is 64.9 cm³/mol. The van der Waals surface area contributed by atoms with Crippen molar-refractivity contribution in [1.29, 1.82) is 0 Å². The topological polar surface area (TPSA) is 42.2 Å². The van der Waals surface area contributed by atoms with Crippen LogP contribution >= 0.6 is 0 Å². The molecule has 3 heteroatoms. The summed E-state index contributed by atoms with van der Waals surface area (Å²) >= 11 is 0. The molecular weight excluding hydrogens is 186 g/mol. The third-order valence-corrected chi connectivity index (χ3v) is 2.55. The summed E-state index contributed by atoms with van der Waals surface area (Å²) in [5.74, 6) is 1.05. The Morgan fingerprint density at radius 3 is 2.80 bits per heavy atom. The molecule has 0 aliphatic rings. The average molecular weight is 207 g/mol. The van der Waals surface area contributed by atoms with Crippen molar-refractivity contribution in [3.63, 3.8) is 0 Å². The predicted octanol–water partition coefficient (Wildman–Crippen LogP) is 2.17. The maximum atomic E-state index is 5.71. The third-order valence-electron chi connectivity index (χ3n) is 2.55. The molecular formula is C12H21N3. The maximum absolute atomic E-state index is 5.71. The lowest BCUT2D eigenvalue weighted by Gasteiger charge is -2.23. The number of hydrogen-bond acceptors (Lipinski definition) is 3. The SMILES string of the molecule is CCCCN(CC)c1ncccc1CN. The Labute approximate surface area is 92.3 Å². The summed E-state index contributed by atoms with van der Waals surface area (Å²) in [6.07, 6.45) is 4.25. The van der Waals surface area contributed by atoms with E-state index < -0.39 is 0 Å². The van der Waals surface area contributed by atoms with Gasteiger partial charge >= 0.3 is 0 Å². The number of pyridine rings is 1. The second kappa shape index (κ2) is 6.40. The van der Waals surface area contributed by atoms with Gasteiger partial charge < -0.3 is 10.6 Å². The number of unbranched alkanes of at least 4 members (excludes halogenated alkanes) is 1. The van der Waals surface area contributed by atoms with Crippen LogP contribution in [0, 0.1) is 0 Å². The van der Waals surface area contributed by atoms with E-state index in [9.17, 15) is 0 Å². The van der Waals surface area contributed by atoms with Gasteiger partial charge in [0.05, 0.1) is 0 Å². The molecule has 0 radical (unpaired) electrons. The molecule has 1 aromatic heterocycles. The van der Waals surface area contributed by atoms with E-state index in [0.29, 0.717) is 6.54 Å². The lowest BCUT2D eigenvalue weighted by atomic mass is 10.2. The van der Waals surface area contributed by atoms with Crippen LogP contribution in [0.25, 0.3) is 0 Å². The van der Waals surface area contributed by atoms with Crippen molar-refractivity contribution in [1.82, 2.24) is 4.98 Å². The molecule has 0 amide bonds. The molecule has 0 unspecified atom stereocenters. The fraction of sp³-hybridized carbons (Fsp3) is 0.583. The van der Waals surface area contributed by atoms with E-state index in [1.54, 1.807) is 0 Å². The smallest absolute Gasteiger partial charge is 0.132 e. The van der Waals surface area contributed by atoms with Crippen molar-refractivity contribution >= 4 is 5.82 Å². The Hall–Kier alpha value is -1.09. The third kappa shape index (κ3) is 3.20. The van der Waals surface area contributed by atoms with Gasteiger partial charge in [-0.3, -0.25) is 0 Å². The van der Waals surface area contributed by atoms with Crippen LogP contribution in [-0.2, 0) is 6.54 Å². The van der Waals surface area contributed by atoms with Crippen LogP contribution in [0.3, 0.4) is 0 Å². The summed E-state index contributed by atoms with van der Waals surface area (Å²) in [6, 6.07) is 4.00. The molecule has 0 saturated carbocycles. The molecule has 0 atom stereocenters. The standard InChI is InChI=1S/C12H21N3/c1-3-5-9-15(4-2)12-11(10-13)7-6-8-14-12/h6-8H,3-5,9-10,13H2,1-2H3. The van der Waals surface area contributed by atoms with Gasteiger partial charge in [0.1, 0.15) is 5.82 Å². The van der Waals surface area contributed by atoms with E-state index in [0.717, 1.165) is 24.5 Å². The average Bonchev–Trinajstić information content (AvgIpc) is 2.30. The fourth-order valence-electron chi connectivity index (χ4n) is 1.64. The molecule has 3 nitrogen and oxygen atoms in total. The van der Waals surface area contributed by atoms with Crippen LogP contribution < -0.4 is 10.6 Å². The maximum Gasteiger partial charge on any atom is 0.132 e. The van der Waals surface area contributed by atoms with Gasteiger partial charge in [-0.25, -0.2) is 4.98 Å². The zero-order valence-electron chi connectivity index (χ0n) is 9.74. The molecule has 0 aliphatic heterocycles. The number of anilines is 1. The summed E-state index contributed by atoms with van der Waals surface area (Å²) in [4.78, 5) is 6.72. The van der Waals surface area contributed by atoms with Crippen molar-refractivity contribution < 1.29 is 0 Å². The van der Waals surface area contributed by atoms with Gasteiger partial charge in [0.15, 0.2) is 0 Å². The summed E-state index contributed by atoms with van der Waals surface area (Å²) < 4.78 is 0. The lowest BCUT2D eigenvalue weighted by Crippen LogP contribution is -2.26. The Kier molecular flexibility index (Phi) is 5.12. The molecule has 0 fully saturated rings. The molecule has 1 aromatic rings. The second-order valence-corrected chi connectivity index (χ2v) is 3.62. The molecule has 0 bridgehead atoms. The highest BCUT2D eigenvalue weighted by Crippen LogP contribution is 2.16. The number of rotatable bonds is 6. The monoisotopic (exact) mass is 207 g/mol. The van der Waals surface area contributed by atoms with Gasteiger partial charge in [0.25, 0.3) is 0 Å². The Bertz CT molecular complexity index is 286. The van der Waals surface area contributed by atoms with E-state index in [-0.39, 0.29) is 0 Å². The first-order chi connectivity index (χ1) is 7.33. The first kappa shape index (κ1) is 12.0. The quantitative estimate of drug-likeness (QED) is 0.777. The van der Waals surface area contributed by atoms with Crippen LogP contribution in [-0.4, -0.2) is 18.1 Å². The van der Waals surface area contributed by atoms with Crippen molar-refractivity contribution in [2.45, 2.75) is 33.2 Å². The lowest BCUT2D eigenvalue weighted by molar-refractivity contribution is 0.719. The molecule has 1 heterocycles. The highest BCUT2D eigenvalue weighted by molar-refractivity contribution is 5.46. The first-order valence-electron chi connectivity index (χ1n) is 5.72. The van der Waals surface area contributed by atoms with Gasteiger partial charge in [-0.2, -0.15) is 0 Å². The molecule has 0 aromatic carbocycles. The summed E-state index contributed by atoms with van der Waals surface area (Å²) in [5, 5.41) is 0. The minimum Gasteiger partial charge on any atom is -0.357 e. The summed E-state index contributed by atoms with van der Waals surface area (Å²) in [5.41, 5.74) is 6.84. The van der Waals surface area contributed by atoms with E-state index in [2.05, 4.69) is 29.8 Å². The Balaban J connectivity index is 2.80. The van der Waals surface area contributed by atoms with E-state index >= 15 is 0 Å². The van der Waals surface area contributed by atoms with Crippen LogP contribution in [0.2, 0.25) is 0 Å². The normalized spacial score (nSPS) is 10.3. The summed E-state index contributed by atoms with van der Waals surface area (Å²) in [7, 11) is 0. The number of nitrogens with zero attached hydrogens (tertiary/aromatic N) is 2. The van der Waals surface area contributed by atoms with Gasteiger partial charge in [0.2, 0.25) is 0 Å². The van der Waals surface area contributed by atoms with Gasteiger partial charge in [-0.1, -0.05) is 19.4 Å². The highest BCUT2D eigenvalue weighted by Gasteiger charge is 2.08. The zero-order chi connectivity index (χ0) is 11.1. The van der Waals surface area contributed by atoms with Crippen molar-refractivity contribution in [3.8, 4) is 0 Å². The number of hydrogen-bond donors (Lipinski definition) is 1. The Morgan fingerprint density at radius 2 is 2.20 bits per heavy atom. The minimum atomic E-state index is 0.561. The van der Waals surface area contributed by atoms with E-state index in [4.69, 9.17) is 5.73 Å². The van der Waals surface area contributed by atoms with Crippen molar-refractivity contribution in [3.05, 3.63) is 23.9 Å². The van der Waals surface area contributed by atoms with Crippen LogP contribution in [0.1, 0.15) is 32.3 Å². The number of aromatic nitrogens is 1. The fourth-order valence-corrected chi connectivity index (χ4v) is 1.64. The van der Waals surface area contributed by atoms with Crippen molar-refractivity contribution in [2.24, 2.45) is 5.73 Å². The molecule has 0 saturated heterocycles. The van der Waals surface area contributed by atoms with Crippen LogP contribution in [0.5, 0.6) is 0 Å². The van der Waals surface area contributed by atoms with Crippen molar-refractivity contribution in [2.75, 3.05) is 18.0 Å². The molecule has 15 heavy (non-hydrogen) atoms. The molecule has 1 rings (SSSR count).